The molecule has 0 bridgehead atoms. The molecule has 18 heavy (non-hydrogen) atoms. The number of fused-ring (bicyclic) bond motifs is 1. The predicted octanol–water partition coefficient (Wildman–Crippen LogP) is 0.611. The van der Waals surface area contributed by atoms with Gasteiger partial charge in [-0.15, -0.1) is 0 Å². The monoisotopic (exact) mass is 271 g/mol. The van der Waals surface area contributed by atoms with Crippen molar-refractivity contribution < 1.29 is 18.9 Å². The van der Waals surface area contributed by atoms with E-state index in [0.29, 0.717) is 6.07 Å². The minimum atomic E-state index is -1.95. The Hall–Kier alpha value is -2.36. The molecule has 1 aromatic rings. The number of amides is 1. The molecule has 1 atom stereocenters. The Kier molecular flexibility index (Phi) is 2.58. The number of non-ortho nitro benzene ring substituents is 1. The molecule has 1 aliphatic rings. The molecule has 1 heterocycles. The SMILES string of the molecule is CN1C(=O)c2c([N+](=O)[O-])cc([N+](=O)[O-])cc2S1=O. The van der Waals surface area contributed by atoms with Gasteiger partial charge in [-0.1, -0.05) is 0 Å². The Morgan fingerprint density at radius 1 is 1.22 bits per heavy atom. The highest BCUT2D eigenvalue weighted by Crippen LogP contribution is 2.36. The van der Waals surface area contributed by atoms with Crippen LogP contribution in [0.5, 0.6) is 0 Å². The maximum Gasteiger partial charge on any atom is 0.290 e. The van der Waals surface area contributed by atoms with Crippen molar-refractivity contribution in [2.75, 3.05) is 7.05 Å². The van der Waals surface area contributed by atoms with Crippen molar-refractivity contribution in [3.05, 3.63) is 37.9 Å². The average Bonchev–Trinajstić information content (AvgIpc) is 2.53. The summed E-state index contributed by atoms with van der Waals surface area (Å²) < 4.78 is 12.5. The number of nitro benzene ring substituents is 2. The van der Waals surface area contributed by atoms with Crippen LogP contribution >= 0.6 is 0 Å². The number of benzene rings is 1. The maximum atomic E-state index is 11.7. The first-order valence-electron chi connectivity index (χ1n) is 4.51. The van der Waals surface area contributed by atoms with E-state index in [-0.39, 0.29) is 10.5 Å². The molecule has 2 rings (SSSR count). The van der Waals surface area contributed by atoms with Crippen LogP contribution in [0.4, 0.5) is 11.4 Å². The van der Waals surface area contributed by atoms with Gasteiger partial charge in [0.25, 0.3) is 17.3 Å². The number of hydrogen-bond donors (Lipinski definition) is 0. The second-order valence-corrected chi connectivity index (χ2v) is 4.89. The zero-order valence-corrected chi connectivity index (χ0v) is 9.67. The zero-order chi connectivity index (χ0) is 13.6. The predicted molar refractivity (Wildman–Crippen MR) is 58.3 cm³/mol. The Morgan fingerprint density at radius 3 is 2.33 bits per heavy atom. The third kappa shape index (κ3) is 1.54. The largest absolute Gasteiger partial charge is 0.290 e. The molecular formula is C8H5N3O6S. The van der Waals surface area contributed by atoms with Crippen LogP contribution in [-0.4, -0.2) is 31.3 Å². The van der Waals surface area contributed by atoms with Crippen molar-refractivity contribution in [1.29, 1.82) is 0 Å². The van der Waals surface area contributed by atoms with Crippen molar-refractivity contribution in [1.82, 2.24) is 4.31 Å². The molecule has 0 fully saturated rings. The summed E-state index contributed by atoms with van der Waals surface area (Å²) in [6.07, 6.45) is 0. The quantitative estimate of drug-likeness (QED) is 0.573. The summed E-state index contributed by atoms with van der Waals surface area (Å²) in [4.78, 5) is 31.2. The minimum absolute atomic E-state index is 0.205. The summed E-state index contributed by atoms with van der Waals surface area (Å²) >= 11 is 0. The van der Waals surface area contributed by atoms with Gasteiger partial charge in [0.05, 0.1) is 20.8 Å². The standard InChI is InChI=1S/C8H5N3O6S/c1-9-8(12)7-5(11(15)16)2-4(10(13)14)3-6(7)18(9)17/h2-3H,1H3. The lowest BCUT2D eigenvalue weighted by molar-refractivity contribution is -0.394. The van der Waals surface area contributed by atoms with Crippen LogP contribution in [0.1, 0.15) is 10.4 Å². The number of nitro groups is 2. The lowest BCUT2D eigenvalue weighted by atomic mass is 10.1. The fourth-order valence-corrected chi connectivity index (χ4v) is 2.69. The summed E-state index contributed by atoms with van der Waals surface area (Å²) in [5, 5.41) is 21.4. The molecule has 10 heteroatoms. The van der Waals surface area contributed by atoms with Gasteiger partial charge < -0.3 is 0 Å². The number of carbonyl (C=O) groups excluding carboxylic acids is 1. The number of rotatable bonds is 2. The first kappa shape index (κ1) is 12.1. The van der Waals surface area contributed by atoms with Crippen LogP contribution < -0.4 is 0 Å². The van der Waals surface area contributed by atoms with Crippen molar-refractivity contribution in [3.8, 4) is 0 Å². The van der Waals surface area contributed by atoms with Crippen molar-refractivity contribution in [2.45, 2.75) is 4.90 Å². The summed E-state index contributed by atoms with van der Waals surface area (Å²) in [5.41, 5.74) is -1.63. The van der Waals surface area contributed by atoms with Crippen LogP contribution in [0.3, 0.4) is 0 Å². The van der Waals surface area contributed by atoms with Crippen LogP contribution in [-0.2, 0) is 11.0 Å². The highest BCUT2D eigenvalue weighted by Gasteiger charge is 2.40. The Bertz CT molecular complexity index is 628. The molecule has 9 nitrogen and oxygen atoms in total. The molecule has 1 amide bonds. The molecule has 0 saturated heterocycles. The van der Waals surface area contributed by atoms with Gasteiger partial charge in [0, 0.05) is 13.1 Å². The van der Waals surface area contributed by atoms with E-state index in [1.807, 2.05) is 0 Å². The van der Waals surface area contributed by atoms with Crippen molar-refractivity contribution >= 4 is 28.3 Å². The maximum absolute atomic E-state index is 11.7. The van der Waals surface area contributed by atoms with Crippen LogP contribution in [0, 0.1) is 20.2 Å². The van der Waals surface area contributed by atoms with E-state index < -0.39 is 38.1 Å². The zero-order valence-electron chi connectivity index (χ0n) is 8.85. The summed E-state index contributed by atoms with van der Waals surface area (Å²) in [7, 11) is -0.749. The molecule has 0 aliphatic carbocycles. The molecule has 0 spiro atoms. The second-order valence-electron chi connectivity index (χ2n) is 3.40. The van der Waals surface area contributed by atoms with Gasteiger partial charge in [-0.3, -0.25) is 29.3 Å². The molecule has 0 N–H and O–H groups in total. The molecule has 0 saturated carbocycles. The van der Waals surface area contributed by atoms with Gasteiger partial charge >= 0.3 is 0 Å². The fraction of sp³-hybridized carbons (Fsp3) is 0.125. The first-order valence-corrected chi connectivity index (χ1v) is 5.62. The van der Waals surface area contributed by atoms with E-state index in [4.69, 9.17) is 0 Å². The van der Waals surface area contributed by atoms with Crippen LogP contribution in [0.2, 0.25) is 0 Å². The number of hydrogen-bond acceptors (Lipinski definition) is 6. The van der Waals surface area contributed by atoms with Gasteiger partial charge in [0.2, 0.25) is 0 Å². The number of nitrogens with zero attached hydrogens (tertiary/aromatic N) is 3. The van der Waals surface area contributed by atoms with Crippen LogP contribution in [0.25, 0.3) is 0 Å². The number of carbonyl (C=O) groups is 1. The van der Waals surface area contributed by atoms with Crippen LogP contribution in [0.15, 0.2) is 17.0 Å². The Labute approximate surface area is 102 Å². The fourth-order valence-electron chi connectivity index (χ4n) is 1.57. The van der Waals surface area contributed by atoms with E-state index in [1.165, 1.54) is 7.05 Å². The van der Waals surface area contributed by atoms with Gasteiger partial charge in [-0.25, -0.2) is 4.21 Å². The average molecular weight is 271 g/mol. The lowest BCUT2D eigenvalue weighted by Crippen LogP contribution is -2.20. The first-order chi connectivity index (χ1) is 8.34. The summed E-state index contributed by atoms with van der Waals surface area (Å²) in [5.74, 6) is -0.787. The Balaban J connectivity index is 2.81. The van der Waals surface area contributed by atoms with E-state index >= 15 is 0 Å². The van der Waals surface area contributed by atoms with Gasteiger partial charge in [-0.05, 0) is 0 Å². The van der Waals surface area contributed by atoms with Crippen molar-refractivity contribution in [2.24, 2.45) is 0 Å². The van der Waals surface area contributed by atoms with Gasteiger partial charge in [-0.2, -0.15) is 0 Å². The molecule has 0 radical (unpaired) electrons. The third-order valence-electron chi connectivity index (χ3n) is 2.41. The molecule has 1 aromatic carbocycles. The summed E-state index contributed by atoms with van der Waals surface area (Å²) in [6.45, 7) is 0. The highest BCUT2D eigenvalue weighted by atomic mass is 32.2. The Morgan fingerprint density at radius 2 is 1.83 bits per heavy atom. The van der Waals surface area contributed by atoms with Gasteiger partial charge in [0.15, 0.2) is 11.0 Å². The third-order valence-corrected chi connectivity index (χ3v) is 3.77. The molecule has 1 unspecified atom stereocenters. The normalized spacial score (nSPS) is 17.7. The van der Waals surface area contributed by atoms with E-state index in [0.717, 1.165) is 10.4 Å². The van der Waals surface area contributed by atoms with E-state index in [1.54, 1.807) is 0 Å². The molecule has 0 aromatic heterocycles. The topological polar surface area (TPSA) is 124 Å². The van der Waals surface area contributed by atoms with Gasteiger partial charge in [0.1, 0.15) is 5.56 Å². The lowest BCUT2D eigenvalue weighted by Gasteiger charge is -2.03. The van der Waals surface area contributed by atoms with Crippen molar-refractivity contribution in [3.63, 3.8) is 0 Å². The van der Waals surface area contributed by atoms with E-state index in [2.05, 4.69) is 0 Å². The molecule has 1 aliphatic heterocycles. The van der Waals surface area contributed by atoms with E-state index in [9.17, 15) is 29.2 Å². The molecular weight excluding hydrogens is 266 g/mol. The molecule has 94 valence electrons. The second kappa shape index (κ2) is 3.84. The summed E-state index contributed by atoms with van der Waals surface area (Å²) in [6, 6.07) is 1.60. The minimum Gasteiger partial charge on any atom is -0.268 e. The smallest absolute Gasteiger partial charge is 0.268 e. The highest BCUT2D eigenvalue weighted by molar-refractivity contribution is 7.84.